The Kier molecular flexibility index (Phi) is 5.41. The first-order chi connectivity index (χ1) is 8.04. The van der Waals surface area contributed by atoms with E-state index in [2.05, 4.69) is 4.90 Å². The van der Waals surface area contributed by atoms with Crippen molar-refractivity contribution in [3.63, 3.8) is 0 Å². The molecule has 0 saturated carbocycles. The number of carbonyl (C=O) groups excluding carboxylic acids is 2. The van der Waals surface area contributed by atoms with E-state index in [0.717, 1.165) is 19.5 Å². The van der Waals surface area contributed by atoms with E-state index < -0.39 is 0 Å². The molecule has 1 rings (SSSR count). The van der Waals surface area contributed by atoms with Crippen LogP contribution in [-0.4, -0.2) is 62.0 Å². The molecule has 98 valence electrons. The summed E-state index contributed by atoms with van der Waals surface area (Å²) in [5, 5.41) is 0. The molecule has 1 atom stereocenters. The predicted molar refractivity (Wildman–Crippen MR) is 64.5 cm³/mol. The van der Waals surface area contributed by atoms with E-state index in [1.807, 2.05) is 14.1 Å². The van der Waals surface area contributed by atoms with E-state index in [9.17, 15) is 9.59 Å². The minimum Gasteiger partial charge on any atom is -0.466 e. The lowest BCUT2D eigenvalue weighted by Crippen LogP contribution is -2.29. The summed E-state index contributed by atoms with van der Waals surface area (Å²) in [6.45, 7) is 4.36. The quantitative estimate of drug-likeness (QED) is 0.631. The number of esters is 1. The van der Waals surface area contributed by atoms with Gasteiger partial charge in [-0.1, -0.05) is 0 Å². The van der Waals surface area contributed by atoms with Crippen LogP contribution in [0.25, 0.3) is 0 Å². The van der Waals surface area contributed by atoms with Crippen molar-refractivity contribution < 1.29 is 14.3 Å². The summed E-state index contributed by atoms with van der Waals surface area (Å²) in [5.74, 6) is -0.431. The molecule has 1 saturated heterocycles. The van der Waals surface area contributed by atoms with Gasteiger partial charge in [0.15, 0.2) is 0 Å². The highest BCUT2D eigenvalue weighted by Gasteiger charge is 2.34. The fraction of sp³-hybridized carbons (Fsp3) is 0.833. The van der Waals surface area contributed by atoms with E-state index in [0.29, 0.717) is 19.6 Å². The first kappa shape index (κ1) is 14.0. The third-order valence-corrected chi connectivity index (χ3v) is 2.87. The Balaban J connectivity index is 2.34. The third kappa shape index (κ3) is 4.34. The van der Waals surface area contributed by atoms with Crippen LogP contribution in [0.4, 0.5) is 0 Å². The molecular weight excluding hydrogens is 220 g/mol. The number of amides is 1. The van der Waals surface area contributed by atoms with Gasteiger partial charge in [-0.15, -0.1) is 0 Å². The number of hydrogen-bond donors (Lipinski definition) is 0. The van der Waals surface area contributed by atoms with Gasteiger partial charge in [-0.3, -0.25) is 9.59 Å². The minimum atomic E-state index is -0.262. The van der Waals surface area contributed by atoms with Crippen molar-refractivity contribution in [1.29, 1.82) is 0 Å². The zero-order chi connectivity index (χ0) is 12.8. The minimum absolute atomic E-state index is 0.0711. The average Bonchev–Trinajstić information content (AvgIpc) is 2.60. The van der Waals surface area contributed by atoms with Gasteiger partial charge in [-0.25, -0.2) is 0 Å². The number of likely N-dealkylation sites (tertiary alicyclic amines) is 1. The SMILES string of the molecule is CCOC(=O)C1CC(=O)N(CCCN(C)C)C1. The van der Waals surface area contributed by atoms with Crippen LogP contribution < -0.4 is 0 Å². The van der Waals surface area contributed by atoms with Gasteiger partial charge in [0.05, 0.1) is 12.5 Å². The number of ether oxygens (including phenoxy) is 1. The lowest BCUT2D eigenvalue weighted by Gasteiger charge is -2.17. The van der Waals surface area contributed by atoms with Crippen molar-refractivity contribution in [1.82, 2.24) is 9.80 Å². The van der Waals surface area contributed by atoms with E-state index in [-0.39, 0.29) is 17.8 Å². The average molecular weight is 242 g/mol. The molecular formula is C12H22N2O3. The number of nitrogens with zero attached hydrogens (tertiary/aromatic N) is 2. The topological polar surface area (TPSA) is 49.9 Å². The molecule has 0 aliphatic carbocycles. The highest BCUT2D eigenvalue weighted by Crippen LogP contribution is 2.19. The molecule has 1 aliphatic heterocycles. The molecule has 1 fully saturated rings. The number of rotatable bonds is 6. The van der Waals surface area contributed by atoms with Gasteiger partial charge in [0.25, 0.3) is 0 Å². The van der Waals surface area contributed by atoms with Crippen LogP contribution in [0.5, 0.6) is 0 Å². The van der Waals surface area contributed by atoms with Crippen molar-refractivity contribution in [2.24, 2.45) is 5.92 Å². The van der Waals surface area contributed by atoms with E-state index >= 15 is 0 Å². The number of hydrogen-bond acceptors (Lipinski definition) is 4. The Morgan fingerprint density at radius 3 is 2.82 bits per heavy atom. The first-order valence-electron chi connectivity index (χ1n) is 6.13. The Hall–Kier alpha value is -1.10. The van der Waals surface area contributed by atoms with Crippen molar-refractivity contribution >= 4 is 11.9 Å². The van der Waals surface area contributed by atoms with Gasteiger partial charge < -0.3 is 14.5 Å². The van der Waals surface area contributed by atoms with Crippen LogP contribution in [0.15, 0.2) is 0 Å². The smallest absolute Gasteiger partial charge is 0.311 e. The van der Waals surface area contributed by atoms with Gasteiger partial charge in [0, 0.05) is 19.5 Å². The maximum absolute atomic E-state index is 11.7. The van der Waals surface area contributed by atoms with Crippen LogP contribution >= 0.6 is 0 Å². The highest BCUT2D eigenvalue weighted by atomic mass is 16.5. The maximum Gasteiger partial charge on any atom is 0.311 e. The second-order valence-electron chi connectivity index (χ2n) is 4.65. The van der Waals surface area contributed by atoms with E-state index in [4.69, 9.17) is 4.74 Å². The molecule has 0 aromatic rings. The molecule has 5 nitrogen and oxygen atoms in total. The standard InChI is InChI=1S/C12H22N2O3/c1-4-17-12(16)10-8-11(15)14(9-10)7-5-6-13(2)3/h10H,4-9H2,1-3H3. The summed E-state index contributed by atoms with van der Waals surface area (Å²) in [7, 11) is 4.01. The van der Waals surface area contributed by atoms with Crippen molar-refractivity contribution in [2.75, 3.05) is 40.3 Å². The van der Waals surface area contributed by atoms with Crippen LogP contribution in [-0.2, 0) is 14.3 Å². The maximum atomic E-state index is 11.7. The van der Waals surface area contributed by atoms with Gasteiger partial charge in [0.2, 0.25) is 5.91 Å². The Morgan fingerprint density at radius 2 is 2.24 bits per heavy atom. The Morgan fingerprint density at radius 1 is 1.53 bits per heavy atom. The zero-order valence-corrected chi connectivity index (χ0v) is 10.9. The lowest BCUT2D eigenvalue weighted by molar-refractivity contribution is -0.147. The van der Waals surface area contributed by atoms with Gasteiger partial charge in [-0.2, -0.15) is 0 Å². The van der Waals surface area contributed by atoms with Gasteiger partial charge in [-0.05, 0) is 34.0 Å². The zero-order valence-electron chi connectivity index (χ0n) is 10.9. The summed E-state index contributed by atoms with van der Waals surface area (Å²) in [5.41, 5.74) is 0. The van der Waals surface area contributed by atoms with Crippen molar-refractivity contribution in [2.45, 2.75) is 19.8 Å². The molecule has 0 N–H and O–H groups in total. The molecule has 0 aromatic heterocycles. The summed E-state index contributed by atoms with van der Waals surface area (Å²) in [6.07, 6.45) is 1.25. The monoisotopic (exact) mass is 242 g/mol. The van der Waals surface area contributed by atoms with Gasteiger partial charge in [0.1, 0.15) is 0 Å². The largest absolute Gasteiger partial charge is 0.466 e. The predicted octanol–water partition coefficient (Wildman–Crippen LogP) is 0.350. The second kappa shape index (κ2) is 6.59. The molecule has 5 heteroatoms. The molecule has 0 radical (unpaired) electrons. The van der Waals surface area contributed by atoms with Crippen LogP contribution in [0.3, 0.4) is 0 Å². The summed E-state index contributed by atoms with van der Waals surface area (Å²) >= 11 is 0. The van der Waals surface area contributed by atoms with Crippen molar-refractivity contribution in [3.8, 4) is 0 Å². The summed E-state index contributed by atoms with van der Waals surface area (Å²) < 4.78 is 4.94. The molecule has 1 aliphatic rings. The van der Waals surface area contributed by atoms with Gasteiger partial charge >= 0.3 is 5.97 Å². The highest BCUT2D eigenvalue weighted by molar-refractivity contribution is 5.86. The normalized spacial score (nSPS) is 20.1. The Labute approximate surface area is 103 Å². The summed E-state index contributed by atoms with van der Waals surface area (Å²) in [6, 6.07) is 0. The molecule has 1 heterocycles. The molecule has 1 unspecified atom stereocenters. The molecule has 0 bridgehead atoms. The van der Waals surface area contributed by atoms with Crippen LogP contribution in [0.2, 0.25) is 0 Å². The second-order valence-corrected chi connectivity index (χ2v) is 4.65. The molecule has 1 amide bonds. The van der Waals surface area contributed by atoms with Crippen LogP contribution in [0.1, 0.15) is 19.8 Å². The molecule has 17 heavy (non-hydrogen) atoms. The number of carbonyl (C=O) groups is 2. The fourth-order valence-electron chi connectivity index (χ4n) is 1.98. The van der Waals surface area contributed by atoms with E-state index in [1.165, 1.54) is 0 Å². The van der Waals surface area contributed by atoms with Crippen molar-refractivity contribution in [3.05, 3.63) is 0 Å². The third-order valence-electron chi connectivity index (χ3n) is 2.87. The van der Waals surface area contributed by atoms with Crippen LogP contribution in [0, 0.1) is 5.92 Å². The fourth-order valence-corrected chi connectivity index (χ4v) is 1.98. The molecule has 0 aromatic carbocycles. The first-order valence-corrected chi connectivity index (χ1v) is 6.13. The summed E-state index contributed by atoms with van der Waals surface area (Å²) in [4.78, 5) is 27.0. The Bertz CT molecular complexity index is 279. The van der Waals surface area contributed by atoms with E-state index in [1.54, 1.807) is 11.8 Å². The molecule has 0 spiro atoms. The lowest BCUT2D eigenvalue weighted by atomic mass is 10.1.